The molecule has 0 aromatic heterocycles. The molecule has 4 nitrogen and oxygen atoms in total. The van der Waals surface area contributed by atoms with Crippen LogP contribution < -0.4 is 21.5 Å². The topological polar surface area (TPSA) is 58.2 Å². The molecule has 0 aliphatic rings. The molecule has 0 unspecified atom stereocenters. The van der Waals surface area contributed by atoms with Crippen molar-refractivity contribution in [2.24, 2.45) is 0 Å². The Bertz CT molecular complexity index is 323. The Balaban J connectivity index is 2.98. The normalized spacial score (nSPS) is 10.0. The molecular weight excluding hydrogens is 144 g/mol. The summed E-state index contributed by atoms with van der Waals surface area (Å²) >= 11 is 0. The Hall–Kier alpha value is -1.32. The standard InChI is InChI=1S/C7H10N2O2/c1-3-9-5-4(8-2)6(10)7(5)11/h8-9H,3H2,1-2H3. The highest BCUT2D eigenvalue weighted by Gasteiger charge is 2.17. The second kappa shape index (κ2) is 2.74. The quantitative estimate of drug-likeness (QED) is 0.590. The van der Waals surface area contributed by atoms with Gasteiger partial charge < -0.3 is 10.6 Å². The van der Waals surface area contributed by atoms with Gasteiger partial charge in [0.15, 0.2) is 0 Å². The summed E-state index contributed by atoms with van der Waals surface area (Å²) in [6.07, 6.45) is 0. The fraction of sp³-hybridized carbons (Fsp3) is 0.429. The van der Waals surface area contributed by atoms with E-state index in [4.69, 9.17) is 0 Å². The third-order valence-corrected chi connectivity index (χ3v) is 1.51. The molecule has 0 bridgehead atoms. The molecule has 0 fully saturated rings. The average Bonchev–Trinajstić information content (AvgIpc) is 2.04. The lowest BCUT2D eigenvalue weighted by molar-refractivity contribution is 1.18. The lowest BCUT2D eigenvalue weighted by Crippen LogP contribution is -2.36. The van der Waals surface area contributed by atoms with Crippen molar-refractivity contribution in [1.29, 1.82) is 0 Å². The lowest BCUT2D eigenvalue weighted by Gasteiger charge is -2.09. The maximum Gasteiger partial charge on any atom is 0.253 e. The van der Waals surface area contributed by atoms with Crippen LogP contribution in [0, 0.1) is 0 Å². The van der Waals surface area contributed by atoms with Gasteiger partial charge in [-0.05, 0) is 6.92 Å². The monoisotopic (exact) mass is 154 g/mol. The first-order valence-electron chi connectivity index (χ1n) is 3.47. The van der Waals surface area contributed by atoms with Crippen LogP contribution in [0.1, 0.15) is 6.92 Å². The van der Waals surface area contributed by atoms with Crippen LogP contribution in [0.4, 0.5) is 11.4 Å². The Morgan fingerprint density at radius 1 is 1.18 bits per heavy atom. The molecule has 0 saturated heterocycles. The SMILES string of the molecule is CCNc1c(NC)c(=O)c1=O. The van der Waals surface area contributed by atoms with E-state index in [1.54, 1.807) is 7.05 Å². The van der Waals surface area contributed by atoms with E-state index in [0.29, 0.717) is 17.9 Å². The van der Waals surface area contributed by atoms with Gasteiger partial charge in [-0.15, -0.1) is 0 Å². The molecule has 0 aliphatic carbocycles. The molecule has 0 heterocycles. The summed E-state index contributed by atoms with van der Waals surface area (Å²) in [5.41, 5.74) is -0.0310. The highest BCUT2D eigenvalue weighted by Crippen LogP contribution is 2.11. The Morgan fingerprint density at radius 3 is 2.18 bits per heavy atom. The van der Waals surface area contributed by atoms with E-state index in [9.17, 15) is 9.59 Å². The number of hydrogen-bond acceptors (Lipinski definition) is 4. The predicted molar refractivity (Wildman–Crippen MR) is 45.1 cm³/mol. The Kier molecular flexibility index (Phi) is 1.94. The van der Waals surface area contributed by atoms with E-state index in [1.807, 2.05) is 6.92 Å². The van der Waals surface area contributed by atoms with Crippen LogP contribution in [-0.4, -0.2) is 13.6 Å². The molecule has 1 aromatic rings. The first-order chi connectivity index (χ1) is 5.22. The predicted octanol–water partition coefficient (Wildman–Crippen LogP) is -0.244. The smallest absolute Gasteiger partial charge is 0.253 e. The second-order valence-electron chi connectivity index (χ2n) is 2.19. The molecule has 2 N–H and O–H groups in total. The number of anilines is 2. The summed E-state index contributed by atoms with van der Waals surface area (Å²) in [4.78, 5) is 21.6. The maximum atomic E-state index is 10.8. The van der Waals surface area contributed by atoms with Crippen molar-refractivity contribution < 1.29 is 0 Å². The molecule has 0 saturated carbocycles. The fourth-order valence-electron chi connectivity index (χ4n) is 0.976. The fourth-order valence-corrected chi connectivity index (χ4v) is 0.976. The Morgan fingerprint density at radius 2 is 1.73 bits per heavy atom. The summed E-state index contributed by atoms with van der Waals surface area (Å²) in [7, 11) is 1.62. The third kappa shape index (κ3) is 1.00. The molecule has 11 heavy (non-hydrogen) atoms. The maximum absolute atomic E-state index is 10.8. The van der Waals surface area contributed by atoms with E-state index in [1.165, 1.54) is 0 Å². The molecule has 0 spiro atoms. The van der Waals surface area contributed by atoms with Crippen LogP contribution in [0.3, 0.4) is 0 Å². The van der Waals surface area contributed by atoms with E-state index < -0.39 is 10.9 Å². The zero-order valence-corrected chi connectivity index (χ0v) is 6.52. The van der Waals surface area contributed by atoms with Gasteiger partial charge in [0, 0.05) is 13.6 Å². The van der Waals surface area contributed by atoms with Crippen LogP contribution in [0.5, 0.6) is 0 Å². The van der Waals surface area contributed by atoms with Crippen LogP contribution in [0.15, 0.2) is 9.59 Å². The highest BCUT2D eigenvalue weighted by atomic mass is 16.2. The summed E-state index contributed by atoms with van der Waals surface area (Å²) in [5, 5.41) is 5.47. The van der Waals surface area contributed by atoms with Gasteiger partial charge in [-0.2, -0.15) is 0 Å². The zero-order valence-electron chi connectivity index (χ0n) is 6.52. The van der Waals surface area contributed by atoms with Crippen LogP contribution in [0.2, 0.25) is 0 Å². The summed E-state index contributed by atoms with van der Waals surface area (Å²) in [5.74, 6) is 0. The van der Waals surface area contributed by atoms with E-state index in [0.717, 1.165) is 0 Å². The van der Waals surface area contributed by atoms with E-state index in [2.05, 4.69) is 10.6 Å². The molecule has 0 radical (unpaired) electrons. The minimum atomic E-state index is -0.427. The van der Waals surface area contributed by atoms with Gasteiger partial charge in [0.2, 0.25) is 0 Å². The molecule has 0 atom stereocenters. The van der Waals surface area contributed by atoms with Crippen LogP contribution in [-0.2, 0) is 0 Å². The van der Waals surface area contributed by atoms with Gasteiger partial charge in [0.1, 0.15) is 11.4 Å². The van der Waals surface area contributed by atoms with Crippen LogP contribution in [0.25, 0.3) is 0 Å². The molecule has 1 rings (SSSR count). The van der Waals surface area contributed by atoms with Gasteiger partial charge in [-0.3, -0.25) is 9.59 Å². The van der Waals surface area contributed by atoms with Gasteiger partial charge in [-0.1, -0.05) is 0 Å². The minimum Gasteiger partial charge on any atom is -0.383 e. The molecular formula is C7H10N2O2. The van der Waals surface area contributed by atoms with Gasteiger partial charge in [0.05, 0.1) is 0 Å². The second-order valence-corrected chi connectivity index (χ2v) is 2.19. The van der Waals surface area contributed by atoms with Crippen molar-refractivity contribution in [1.82, 2.24) is 0 Å². The minimum absolute atomic E-state index is 0.400. The van der Waals surface area contributed by atoms with Crippen molar-refractivity contribution >= 4 is 11.4 Å². The van der Waals surface area contributed by atoms with Crippen LogP contribution >= 0.6 is 0 Å². The van der Waals surface area contributed by atoms with Crippen molar-refractivity contribution in [3.63, 3.8) is 0 Å². The molecule has 4 heteroatoms. The van der Waals surface area contributed by atoms with Crippen molar-refractivity contribution in [3.05, 3.63) is 20.4 Å². The van der Waals surface area contributed by atoms with Crippen molar-refractivity contribution in [2.45, 2.75) is 6.92 Å². The van der Waals surface area contributed by atoms with E-state index >= 15 is 0 Å². The number of rotatable bonds is 3. The van der Waals surface area contributed by atoms with Gasteiger partial charge in [0.25, 0.3) is 10.9 Å². The van der Waals surface area contributed by atoms with Gasteiger partial charge in [-0.25, -0.2) is 0 Å². The van der Waals surface area contributed by atoms with E-state index in [-0.39, 0.29) is 0 Å². The molecule has 0 aliphatic heterocycles. The lowest BCUT2D eigenvalue weighted by atomic mass is 10.2. The average molecular weight is 154 g/mol. The third-order valence-electron chi connectivity index (χ3n) is 1.51. The summed E-state index contributed by atoms with van der Waals surface area (Å²) < 4.78 is 0. The first-order valence-corrected chi connectivity index (χ1v) is 3.47. The summed E-state index contributed by atoms with van der Waals surface area (Å²) in [6, 6.07) is 0. The highest BCUT2D eigenvalue weighted by molar-refractivity contribution is 5.73. The van der Waals surface area contributed by atoms with Gasteiger partial charge >= 0.3 is 0 Å². The number of nitrogens with one attached hydrogen (secondary N) is 2. The Labute approximate surface area is 63.9 Å². The molecule has 1 aromatic carbocycles. The molecule has 60 valence electrons. The summed E-state index contributed by atoms with van der Waals surface area (Å²) in [6.45, 7) is 2.52. The molecule has 0 amide bonds. The largest absolute Gasteiger partial charge is 0.383 e. The first kappa shape index (κ1) is 7.78. The zero-order chi connectivity index (χ0) is 8.43. The van der Waals surface area contributed by atoms with Crippen molar-refractivity contribution in [3.8, 4) is 0 Å². The van der Waals surface area contributed by atoms with Crippen molar-refractivity contribution in [2.75, 3.05) is 24.2 Å². The number of hydrogen-bond donors (Lipinski definition) is 2.